The molecule has 1 aromatic rings. The normalized spacial score (nSPS) is 20.3. The second-order valence-corrected chi connectivity index (χ2v) is 6.04. The predicted molar refractivity (Wildman–Crippen MR) is 79.4 cm³/mol. The van der Waals surface area contributed by atoms with Crippen LogP contribution in [0.25, 0.3) is 0 Å². The molecule has 1 fully saturated rings. The van der Waals surface area contributed by atoms with Gasteiger partial charge in [0.05, 0.1) is 13.2 Å². The van der Waals surface area contributed by atoms with E-state index in [1.807, 2.05) is 19.9 Å². The summed E-state index contributed by atoms with van der Waals surface area (Å²) in [4.78, 5) is 0. The summed E-state index contributed by atoms with van der Waals surface area (Å²) in [5.41, 5.74) is 6.00. The van der Waals surface area contributed by atoms with Crippen molar-refractivity contribution in [2.24, 2.45) is 11.8 Å². The first-order valence-corrected chi connectivity index (χ1v) is 7.37. The van der Waals surface area contributed by atoms with Gasteiger partial charge in [-0.3, -0.25) is 11.3 Å². The standard InChI is InChI=1S/C16H24F2N2O/c1-10-8-11(2)14(13(9-10)21-3)15(20-19)12-4-6-16(17,18)7-5-12/h8-9,12,15,20H,4-7,19H2,1-3H3. The number of benzene rings is 1. The summed E-state index contributed by atoms with van der Waals surface area (Å²) in [6.07, 6.45) is 0.808. The Kier molecular flexibility index (Phi) is 4.84. The van der Waals surface area contributed by atoms with E-state index in [2.05, 4.69) is 11.5 Å². The van der Waals surface area contributed by atoms with E-state index in [-0.39, 0.29) is 24.8 Å². The number of alkyl halides is 2. The Hall–Kier alpha value is -1.20. The molecule has 21 heavy (non-hydrogen) atoms. The molecule has 0 saturated heterocycles. The molecular formula is C16H24F2N2O. The molecule has 0 bridgehead atoms. The van der Waals surface area contributed by atoms with Crippen molar-refractivity contribution in [3.8, 4) is 5.75 Å². The third-order valence-electron chi connectivity index (χ3n) is 4.44. The maximum Gasteiger partial charge on any atom is 0.248 e. The van der Waals surface area contributed by atoms with E-state index in [0.717, 1.165) is 22.4 Å². The van der Waals surface area contributed by atoms with Crippen LogP contribution in [-0.4, -0.2) is 13.0 Å². The van der Waals surface area contributed by atoms with E-state index in [4.69, 9.17) is 10.6 Å². The number of ether oxygens (including phenoxy) is 1. The molecule has 1 unspecified atom stereocenters. The number of aryl methyl sites for hydroxylation is 2. The largest absolute Gasteiger partial charge is 0.496 e. The molecule has 0 amide bonds. The van der Waals surface area contributed by atoms with E-state index < -0.39 is 5.92 Å². The molecule has 118 valence electrons. The van der Waals surface area contributed by atoms with Crippen LogP contribution in [0.15, 0.2) is 12.1 Å². The minimum Gasteiger partial charge on any atom is -0.496 e. The van der Waals surface area contributed by atoms with E-state index in [1.165, 1.54) is 0 Å². The monoisotopic (exact) mass is 298 g/mol. The number of halogens is 2. The topological polar surface area (TPSA) is 47.3 Å². The van der Waals surface area contributed by atoms with Crippen LogP contribution in [0.2, 0.25) is 0 Å². The Balaban J connectivity index is 2.30. The van der Waals surface area contributed by atoms with Gasteiger partial charge in [0.15, 0.2) is 0 Å². The van der Waals surface area contributed by atoms with Crippen molar-refractivity contribution in [2.45, 2.75) is 51.5 Å². The Morgan fingerprint density at radius 1 is 1.29 bits per heavy atom. The molecule has 0 radical (unpaired) electrons. The van der Waals surface area contributed by atoms with Crippen LogP contribution in [0.3, 0.4) is 0 Å². The lowest BCUT2D eigenvalue weighted by atomic mass is 9.78. The number of methoxy groups -OCH3 is 1. The Labute approximate surface area is 124 Å². The zero-order chi connectivity index (χ0) is 15.6. The quantitative estimate of drug-likeness (QED) is 0.659. The minimum atomic E-state index is -2.53. The predicted octanol–water partition coefficient (Wildman–Crippen LogP) is 3.64. The van der Waals surface area contributed by atoms with Gasteiger partial charge in [0.1, 0.15) is 5.75 Å². The van der Waals surface area contributed by atoms with Gasteiger partial charge < -0.3 is 4.74 Å². The van der Waals surface area contributed by atoms with E-state index in [0.29, 0.717) is 12.8 Å². The van der Waals surface area contributed by atoms with Gasteiger partial charge in [0.25, 0.3) is 0 Å². The Bertz CT molecular complexity index is 495. The lowest BCUT2D eigenvalue weighted by Crippen LogP contribution is -2.38. The molecule has 0 spiro atoms. The Morgan fingerprint density at radius 2 is 1.90 bits per heavy atom. The van der Waals surface area contributed by atoms with Gasteiger partial charge in [-0.15, -0.1) is 0 Å². The smallest absolute Gasteiger partial charge is 0.248 e. The number of nitrogens with two attached hydrogens (primary N) is 1. The summed E-state index contributed by atoms with van der Waals surface area (Å²) < 4.78 is 32.2. The van der Waals surface area contributed by atoms with Crippen molar-refractivity contribution in [3.63, 3.8) is 0 Å². The van der Waals surface area contributed by atoms with Gasteiger partial charge in [0.2, 0.25) is 5.92 Å². The zero-order valence-electron chi connectivity index (χ0n) is 12.9. The van der Waals surface area contributed by atoms with Crippen molar-refractivity contribution in [1.29, 1.82) is 0 Å². The van der Waals surface area contributed by atoms with Crippen molar-refractivity contribution < 1.29 is 13.5 Å². The molecule has 1 aliphatic rings. The highest BCUT2D eigenvalue weighted by Crippen LogP contribution is 2.43. The fourth-order valence-corrected chi connectivity index (χ4v) is 3.36. The molecule has 2 rings (SSSR count). The molecule has 1 atom stereocenters. The molecule has 5 heteroatoms. The first-order valence-electron chi connectivity index (χ1n) is 7.37. The maximum absolute atomic E-state index is 13.3. The molecule has 0 aromatic heterocycles. The summed E-state index contributed by atoms with van der Waals surface area (Å²) in [6.45, 7) is 4.01. The molecule has 1 aromatic carbocycles. The van der Waals surface area contributed by atoms with Crippen molar-refractivity contribution in [1.82, 2.24) is 5.43 Å². The Morgan fingerprint density at radius 3 is 2.43 bits per heavy atom. The number of hydrogen-bond acceptors (Lipinski definition) is 3. The third kappa shape index (κ3) is 3.52. The van der Waals surface area contributed by atoms with Gasteiger partial charge in [-0.25, -0.2) is 8.78 Å². The highest BCUT2D eigenvalue weighted by molar-refractivity contribution is 5.45. The van der Waals surface area contributed by atoms with Gasteiger partial charge in [-0.2, -0.15) is 0 Å². The summed E-state index contributed by atoms with van der Waals surface area (Å²) >= 11 is 0. The van der Waals surface area contributed by atoms with Crippen LogP contribution in [0, 0.1) is 19.8 Å². The van der Waals surface area contributed by atoms with Crippen LogP contribution < -0.4 is 16.0 Å². The first-order chi connectivity index (χ1) is 9.88. The molecular weight excluding hydrogens is 274 g/mol. The number of rotatable bonds is 4. The van der Waals surface area contributed by atoms with Crippen molar-refractivity contribution in [3.05, 3.63) is 28.8 Å². The summed E-state index contributed by atoms with van der Waals surface area (Å²) in [5, 5.41) is 0. The SMILES string of the molecule is COc1cc(C)cc(C)c1C(NN)C1CCC(F)(F)CC1. The number of hydrazine groups is 1. The van der Waals surface area contributed by atoms with Crippen LogP contribution in [0.1, 0.15) is 48.4 Å². The van der Waals surface area contributed by atoms with Crippen molar-refractivity contribution >= 4 is 0 Å². The molecule has 0 aliphatic heterocycles. The zero-order valence-corrected chi connectivity index (χ0v) is 12.9. The average Bonchev–Trinajstić information content (AvgIpc) is 2.42. The summed E-state index contributed by atoms with van der Waals surface area (Å²) in [7, 11) is 1.63. The maximum atomic E-state index is 13.3. The molecule has 1 saturated carbocycles. The van der Waals surface area contributed by atoms with Crippen LogP contribution in [0.5, 0.6) is 5.75 Å². The third-order valence-corrected chi connectivity index (χ3v) is 4.44. The minimum absolute atomic E-state index is 0.0664. The fourth-order valence-electron chi connectivity index (χ4n) is 3.36. The van der Waals surface area contributed by atoms with Crippen LogP contribution >= 0.6 is 0 Å². The van der Waals surface area contributed by atoms with Crippen LogP contribution in [-0.2, 0) is 0 Å². The highest BCUT2D eigenvalue weighted by Gasteiger charge is 2.38. The van der Waals surface area contributed by atoms with Gasteiger partial charge in [-0.1, -0.05) is 6.07 Å². The lowest BCUT2D eigenvalue weighted by molar-refractivity contribution is -0.0498. The number of hydrogen-bond donors (Lipinski definition) is 2. The van der Waals surface area contributed by atoms with Crippen molar-refractivity contribution in [2.75, 3.05) is 7.11 Å². The highest BCUT2D eigenvalue weighted by atomic mass is 19.3. The van der Waals surface area contributed by atoms with Crippen LogP contribution in [0.4, 0.5) is 8.78 Å². The summed E-state index contributed by atoms with van der Waals surface area (Å²) in [6, 6.07) is 3.88. The molecule has 1 aliphatic carbocycles. The molecule has 3 nitrogen and oxygen atoms in total. The van der Waals surface area contributed by atoms with E-state index >= 15 is 0 Å². The fraction of sp³-hybridized carbons (Fsp3) is 0.625. The molecule has 0 heterocycles. The molecule has 3 N–H and O–H groups in total. The second kappa shape index (κ2) is 6.28. The lowest BCUT2D eigenvalue weighted by Gasteiger charge is -2.35. The van der Waals surface area contributed by atoms with Gasteiger partial charge in [-0.05, 0) is 49.8 Å². The summed E-state index contributed by atoms with van der Waals surface area (Å²) in [5.74, 6) is 4.09. The van der Waals surface area contributed by atoms with E-state index in [1.54, 1.807) is 7.11 Å². The van der Waals surface area contributed by atoms with Gasteiger partial charge >= 0.3 is 0 Å². The number of nitrogens with one attached hydrogen (secondary N) is 1. The average molecular weight is 298 g/mol. The van der Waals surface area contributed by atoms with E-state index in [9.17, 15) is 8.78 Å². The first kappa shape index (κ1) is 16.2. The van der Waals surface area contributed by atoms with Gasteiger partial charge in [0, 0.05) is 18.4 Å². The second-order valence-electron chi connectivity index (χ2n) is 6.04.